The molecule has 1 aromatic rings. The van der Waals surface area contributed by atoms with E-state index in [4.69, 9.17) is 4.74 Å². The minimum Gasteiger partial charge on any atom is -0.487 e. The third-order valence-electron chi connectivity index (χ3n) is 3.90. The van der Waals surface area contributed by atoms with Gasteiger partial charge in [-0.25, -0.2) is 4.79 Å². The summed E-state index contributed by atoms with van der Waals surface area (Å²) in [6.45, 7) is 13.8. The standard InChI is InChI=1S/C17H25NO3/c1-10-8-13-12(9-17(6,7)21-13)11(2)14(10)18(15(19)20)16(3,4)5/h8H,9H2,1-7H3,(H,19,20). The van der Waals surface area contributed by atoms with Gasteiger partial charge < -0.3 is 9.84 Å². The van der Waals surface area contributed by atoms with Crippen LogP contribution >= 0.6 is 0 Å². The van der Waals surface area contributed by atoms with Crippen LogP contribution in [0.5, 0.6) is 5.75 Å². The molecule has 0 fully saturated rings. The third kappa shape index (κ3) is 2.71. The molecule has 1 aromatic carbocycles. The van der Waals surface area contributed by atoms with Gasteiger partial charge in [0.2, 0.25) is 0 Å². The monoisotopic (exact) mass is 291 g/mol. The van der Waals surface area contributed by atoms with Crippen molar-refractivity contribution in [1.29, 1.82) is 0 Å². The first kappa shape index (κ1) is 15.7. The largest absolute Gasteiger partial charge is 0.487 e. The predicted octanol–water partition coefficient (Wildman–Crippen LogP) is 4.30. The van der Waals surface area contributed by atoms with Gasteiger partial charge in [-0.15, -0.1) is 0 Å². The first-order valence-corrected chi connectivity index (χ1v) is 7.29. The highest BCUT2D eigenvalue weighted by Gasteiger charge is 2.36. The van der Waals surface area contributed by atoms with Crippen LogP contribution in [0.25, 0.3) is 0 Å². The van der Waals surface area contributed by atoms with Gasteiger partial charge in [0.1, 0.15) is 11.4 Å². The minimum atomic E-state index is -0.924. The fourth-order valence-electron chi connectivity index (χ4n) is 3.11. The number of anilines is 1. The summed E-state index contributed by atoms with van der Waals surface area (Å²) in [5.74, 6) is 0.887. The minimum absolute atomic E-state index is 0.228. The van der Waals surface area contributed by atoms with Crippen LogP contribution in [0, 0.1) is 13.8 Å². The summed E-state index contributed by atoms with van der Waals surface area (Å²) in [4.78, 5) is 13.2. The topological polar surface area (TPSA) is 49.8 Å². The van der Waals surface area contributed by atoms with E-state index in [0.717, 1.165) is 34.5 Å². The molecule has 4 heteroatoms. The van der Waals surface area contributed by atoms with E-state index in [9.17, 15) is 9.90 Å². The van der Waals surface area contributed by atoms with Gasteiger partial charge in [-0.2, -0.15) is 0 Å². The van der Waals surface area contributed by atoms with E-state index in [0.29, 0.717) is 0 Å². The fraction of sp³-hybridized carbons (Fsp3) is 0.588. The Morgan fingerprint density at radius 3 is 2.38 bits per heavy atom. The van der Waals surface area contributed by atoms with Crippen LogP contribution in [0.15, 0.2) is 6.07 Å². The van der Waals surface area contributed by atoms with Crippen LogP contribution in [-0.2, 0) is 6.42 Å². The van der Waals surface area contributed by atoms with Crippen molar-refractivity contribution in [3.8, 4) is 5.75 Å². The highest BCUT2D eigenvalue weighted by atomic mass is 16.5. The Balaban J connectivity index is 2.65. The fourth-order valence-corrected chi connectivity index (χ4v) is 3.11. The zero-order valence-electron chi connectivity index (χ0n) is 14.0. The van der Waals surface area contributed by atoms with Gasteiger partial charge in [0.15, 0.2) is 0 Å². The maximum Gasteiger partial charge on any atom is 0.412 e. The highest BCUT2D eigenvalue weighted by Crippen LogP contribution is 2.43. The maximum absolute atomic E-state index is 11.8. The molecule has 0 bridgehead atoms. The van der Waals surface area contributed by atoms with Gasteiger partial charge >= 0.3 is 6.09 Å². The number of rotatable bonds is 1. The number of fused-ring (bicyclic) bond motifs is 1. The van der Waals surface area contributed by atoms with Gasteiger partial charge in [-0.05, 0) is 65.7 Å². The highest BCUT2D eigenvalue weighted by molar-refractivity contribution is 5.90. The van der Waals surface area contributed by atoms with Gasteiger partial charge in [0, 0.05) is 17.5 Å². The molecule has 0 radical (unpaired) electrons. The van der Waals surface area contributed by atoms with Crippen molar-refractivity contribution < 1.29 is 14.6 Å². The molecule has 2 rings (SSSR count). The lowest BCUT2D eigenvalue weighted by Gasteiger charge is -2.35. The molecule has 0 atom stereocenters. The molecule has 0 aromatic heterocycles. The van der Waals surface area contributed by atoms with E-state index in [-0.39, 0.29) is 5.60 Å². The zero-order valence-corrected chi connectivity index (χ0v) is 14.0. The molecule has 0 unspecified atom stereocenters. The lowest BCUT2D eigenvalue weighted by Crippen LogP contribution is -2.46. The van der Waals surface area contributed by atoms with E-state index in [1.807, 2.05) is 40.7 Å². The van der Waals surface area contributed by atoms with E-state index in [2.05, 4.69) is 13.8 Å². The average Bonchev–Trinajstić information content (AvgIpc) is 2.56. The van der Waals surface area contributed by atoms with Gasteiger partial charge in [-0.3, -0.25) is 4.90 Å². The lowest BCUT2D eigenvalue weighted by atomic mass is 9.93. The second-order valence-electron chi connectivity index (χ2n) is 7.47. The SMILES string of the molecule is Cc1cc2c(c(C)c1N(C(=O)O)C(C)(C)C)CC(C)(C)O2. The van der Waals surface area contributed by atoms with Crippen molar-refractivity contribution in [2.24, 2.45) is 0 Å². The van der Waals surface area contributed by atoms with Gasteiger partial charge in [0.25, 0.3) is 0 Å². The molecular weight excluding hydrogens is 266 g/mol. The molecule has 0 saturated heterocycles. The lowest BCUT2D eigenvalue weighted by molar-refractivity contribution is 0.138. The summed E-state index contributed by atoms with van der Waals surface area (Å²) < 4.78 is 5.97. The Kier molecular flexibility index (Phi) is 3.47. The number of hydrogen-bond acceptors (Lipinski definition) is 2. The third-order valence-corrected chi connectivity index (χ3v) is 3.90. The Bertz CT molecular complexity index is 597. The second-order valence-corrected chi connectivity index (χ2v) is 7.47. The molecule has 1 amide bonds. The maximum atomic E-state index is 11.8. The number of hydrogen-bond donors (Lipinski definition) is 1. The summed E-state index contributed by atoms with van der Waals surface area (Å²) in [6.07, 6.45) is -0.120. The molecular formula is C17H25NO3. The number of ether oxygens (including phenoxy) is 1. The van der Waals surface area contributed by atoms with Crippen molar-refractivity contribution >= 4 is 11.8 Å². The smallest absolute Gasteiger partial charge is 0.412 e. The molecule has 0 spiro atoms. The molecule has 0 saturated carbocycles. The van der Waals surface area contributed by atoms with Crippen LogP contribution < -0.4 is 9.64 Å². The Morgan fingerprint density at radius 2 is 1.90 bits per heavy atom. The number of carboxylic acid groups (broad SMARTS) is 1. The number of amides is 1. The van der Waals surface area contributed by atoms with Crippen molar-refractivity contribution in [3.63, 3.8) is 0 Å². The number of carbonyl (C=O) groups is 1. The van der Waals surface area contributed by atoms with E-state index in [1.165, 1.54) is 4.90 Å². The van der Waals surface area contributed by atoms with Crippen molar-refractivity contribution in [2.75, 3.05) is 4.90 Å². The van der Waals surface area contributed by atoms with Gasteiger partial charge in [-0.1, -0.05) is 0 Å². The summed E-state index contributed by atoms with van der Waals surface area (Å²) >= 11 is 0. The Hall–Kier alpha value is -1.71. The summed E-state index contributed by atoms with van der Waals surface area (Å²) in [6, 6.07) is 1.97. The first-order valence-electron chi connectivity index (χ1n) is 7.29. The van der Waals surface area contributed by atoms with Crippen molar-refractivity contribution in [1.82, 2.24) is 0 Å². The van der Waals surface area contributed by atoms with Crippen LogP contribution in [0.1, 0.15) is 51.3 Å². The molecule has 1 N–H and O–H groups in total. The Labute approximate surface area is 126 Å². The van der Waals surface area contributed by atoms with Crippen LogP contribution in [0.4, 0.5) is 10.5 Å². The molecule has 0 aliphatic carbocycles. The number of benzene rings is 1. The summed E-state index contributed by atoms with van der Waals surface area (Å²) in [5.41, 5.74) is 3.12. The Morgan fingerprint density at radius 1 is 1.33 bits per heavy atom. The summed E-state index contributed by atoms with van der Waals surface area (Å²) in [7, 11) is 0. The average molecular weight is 291 g/mol. The van der Waals surface area contributed by atoms with Crippen molar-refractivity contribution in [2.45, 2.75) is 66.0 Å². The van der Waals surface area contributed by atoms with Crippen LogP contribution in [-0.4, -0.2) is 22.3 Å². The molecule has 21 heavy (non-hydrogen) atoms. The molecule has 1 heterocycles. The van der Waals surface area contributed by atoms with Crippen LogP contribution in [0.2, 0.25) is 0 Å². The number of nitrogens with zero attached hydrogens (tertiary/aromatic N) is 1. The van der Waals surface area contributed by atoms with Gasteiger partial charge in [0.05, 0.1) is 5.69 Å². The van der Waals surface area contributed by atoms with Crippen molar-refractivity contribution in [3.05, 3.63) is 22.8 Å². The quantitative estimate of drug-likeness (QED) is 0.839. The predicted molar refractivity (Wildman–Crippen MR) is 84.6 cm³/mol. The van der Waals surface area contributed by atoms with E-state index < -0.39 is 11.6 Å². The second kappa shape index (κ2) is 4.65. The molecule has 1 aliphatic heterocycles. The molecule has 1 aliphatic rings. The van der Waals surface area contributed by atoms with E-state index in [1.54, 1.807) is 0 Å². The van der Waals surface area contributed by atoms with E-state index >= 15 is 0 Å². The summed E-state index contributed by atoms with van der Waals surface area (Å²) in [5, 5.41) is 9.66. The normalized spacial score (nSPS) is 16.3. The molecule has 116 valence electrons. The first-order chi connectivity index (χ1) is 9.44. The number of aryl methyl sites for hydroxylation is 1. The molecule has 4 nitrogen and oxygen atoms in total. The zero-order chi connectivity index (χ0) is 16.2. The van der Waals surface area contributed by atoms with Crippen LogP contribution in [0.3, 0.4) is 0 Å².